The van der Waals surface area contributed by atoms with Gasteiger partial charge in [-0.05, 0) is 54.1 Å². The number of benzene rings is 4. The van der Waals surface area contributed by atoms with Crippen molar-refractivity contribution in [2.75, 3.05) is 5.01 Å². The minimum atomic E-state index is -0.985. The lowest BCUT2D eigenvalue weighted by molar-refractivity contribution is -0.114. The minimum Gasteiger partial charge on any atom is -0.488 e. The quantitative estimate of drug-likeness (QED) is 0.291. The molecule has 0 bridgehead atoms. The summed E-state index contributed by atoms with van der Waals surface area (Å²) in [5, 5.41) is 15.7. The number of hydrogen-bond acceptors (Lipinski definition) is 4. The summed E-state index contributed by atoms with van der Waals surface area (Å²) in [5.41, 5.74) is 4.06. The number of amides is 1. The largest absolute Gasteiger partial charge is 0.488 e. The molecule has 182 valence electrons. The maximum Gasteiger partial charge on any atom is 0.335 e. The Morgan fingerprint density at radius 1 is 0.919 bits per heavy atom. The van der Waals surface area contributed by atoms with Crippen molar-refractivity contribution >= 4 is 41.0 Å². The Balaban J connectivity index is 1.50. The summed E-state index contributed by atoms with van der Waals surface area (Å²) in [4.78, 5) is 24.7. The van der Waals surface area contributed by atoms with Gasteiger partial charge in [0.25, 0.3) is 5.91 Å². The van der Waals surface area contributed by atoms with Crippen molar-refractivity contribution in [2.45, 2.75) is 6.61 Å². The summed E-state index contributed by atoms with van der Waals surface area (Å²) in [5.74, 6) is -0.724. The molecule has 1 aliphatic rings. The maximum atomic E-state index is 13.6. The first-order valence-electron chi connectivity index (χ1n) is 11.5. The molecular formula is C30H21ClN2O4. The van der Waals surface area contributed by atoms with E-state index in [4.69, 9.17) is 21.4 Å². The highest BCUT2D eigenvalue weighted by atomic mass is 35.5. The molecule has 7 heteroatoms. The highest BCUT2D eigenvalue weighted by Gasteiger charge is 2.32. The van der Waals surface area contributed by atoms with Gasteiger partial charge >= 0.3 is 5.97 Å². The number of rotatable bonds is 7. The SMILES string of the molecule is O=C(O)c1ccc(COc2ccc(Cl)cc2/C=C2\C(=O)N(c3ccccc3)N=C2c2ccccc2)cc1. The van der Waals surface area contributed by atoms with E-state index >= 15 is 0 Å². The molecule has 1 aliphatic heterocycles. The van der Waals surface area contributed by atoms with Gasteiger partial charge in [-0.1, -0.05) is 72.3 Å². The lowest BCUT2D eigenvalue weighted by atomic mass is 10.00. The second kappa shape index (κ2) is 10.5. The van der Waals surface area contributed by atoms with Gasteiger partial charge in [0.05, 0.1) is 16.8 Å². The molecule has 0 fully saturated rings. The third-order valence-electron chi connectivity index (χ3n) is 5.79. The molecule has 0 radical (unpaired) electrons. The number of hydrazone groups is 1. The fourth-order valence-electron chi connectivity index (χ4n) is 3.92. The number of carboxylic acid groups (broad SMARTS) is 1. The standard InChI is InChI=1S/C30H21ClN2O4/c31-24-15-16-27(37-19-20-11-13-22(14-12-20)30(35)36)23(17-24)18-26-28(21-7-3-1-4-8-21)32-33(29(26)34)25-9-5-2-6-10-25/h1-18H,19H2,(H,35,36)/b26-18-. The number of carbonyl (C=O) groups is 2. The normalized spacial score (nSPS) is 14.1. The number of carboxylic acids is 1. The van der Waals surface area contributed by atoms with Gasteiger partial charge < -0.3 is 9.84 Å². The van der Waals surface area contributed by atoms with Gasteiger partial charge in [0.15, 0.2) is 0 Å². The predicted octanol–water partition coefficient (Wildman–Crippen LogP) is 6.45. The van der Waals surface area contributed by atoms with E-state index in [0.717, 1.165) is 11.1 Å². The lowest BCUT2D eigenvalue weighted by Crippen LogP contribution is -2.21. The van der Waals surface area contributed by atoms with Gasteiger partial charge in [0.1, 0.15) is 18.1 Å². The Hall–Kier alpha value is -4.68. The first-order valence-corrected chi connectivity index (χ1v) is 11.9. The van der Waals surface area contributed by atoms with Crippen LogP contribution in [0.25, 0.3) is 6.08 Å². The van der Waals surface area contributed by atoms with Crippen molar-refractivity contribution in [1.29, 1.82) is 0 Å². The van der Waals surface area contributed by atoms with Crippen LogP contribution in [0.4, 0.5) is 5.69 Å². The van der Waals surface area contributed by atoms with Crippen LogP contribution in [0.2, 0.25) is 5.02 Å². The third kappa shape index (κ3) is 5.29. The van der Waals surface area contributed by atoms with E-state index in [1.807, 2.05) is 60.7 Å². The summed E-state index contributed by atoms with van der Waals surface area (Å²) in [6.45, 7) is 0.210. The van der Waals surface area contributed by atoms with Gasteiger partial charge in [-0.25, -0.2) is 4.79 Å². The van der Waals surface area contributed by atoms with Crippen molar-refractivity contribution in [2.24, 2.45) is 5.10 Å². The van der Waals surface area contributed by atoms with Gasteiger partial charge in [-0.2, -0.15) is 10.1 Å². The minimum absolute atomic E-state index is 0.205. The Bertz CT molecular complexity index is 1510. The van der Waals surface area contributed by atoms with Gasteiger partial charge in [-0.15, -0.1) is 0 Å². The van der Waals surface area contributed by atoms with Crippen molar-refractivity contribution in [3.63, 3.8) is 0 Å². The topological polar surface area (TPSA) is 79.2 Å². The summed E-state index contributed by atoms with van der Waals surface area (Å²) in [6, 6.07) is 30.4. The van der Waals surface area contributed by atoms with E-state index in [1.165, 1.54) is 17.1 Å². The average Bonchev–Trinajstić information content (AvgIpc) is 3.25. The van der Waals surface area contributed by atoms with Crippen molar-refractivity contribution in [3.05, 3.63) is 136 Å². The maximum absolute atomic E-state index is 13.6. The van der Waals surface area contributed by atoms with Gasteiger partial charge in [-0.3, -0.25) is 4.79 Å². The van der Waals surface area contributed by atoms with Crippen LogP contribution in [0.1, 0.15) is 27.0 Å². The Kier molecular flexibility index (Phi) is 6.83. The molecule has 4 aromatic carbocycles. The molecule has 0 saturated carbocycles. The van der Waals surface area contributed by atoms with Crippen molar-refractivity contribution < 1.29 is 19.4 Å². The zero-order valence-electron chi connectivity index (χ0n) is 19.5. The Morgan fingerprint density at radius 2 is 1.59 bits per heavy atom. The monoisotopic (exact) mass is 508 g/mol. The fourth-order valence-corrected chi connectivity index (χ4v) is 4.10. The molecule has 5 rings (SSSR count). The molecule has 1 amide bonds. The molecule has 0 saturated heterocycles. The van der Waals surface area contributed by atoms with E-state index in [9.17, 15) is 9.59 Å². The highest BCUT2D eigenvalue weighted by molar-refractivity contribution is 6.37. The molecule has 0 unspecified atom stereocenters. The van der Waals surface area contributed by atoms with E-state index in [-0.39, 0.29) is 18.1 Å². The molecule has 1 heterocycles. The first kappa shape index (κ1) is 24.0. The summed E-state index contributed by atoms with van der Waals surface area (Å²) < 4.78 is 6.06. The fraction of sp³-hybridized carbons (Fsp3) is 0.0333. The zero-order valence-corrected chi connectivity index (χ0v) is 20.3. The van der Waals surface area contributed by atoms with Crippen LogP contribution in [0.15, 0.2) is 114 Å². The first-order chi connectivity index (χ1) is 18.0. The molecule has 1 N–H and O–H groups in total. The van der Waals surface area contributed by atoms with Crippen molar-refractivity contribution in [3.8, 4) is 5.75 Å². The molecular weight excluding hydrogens is 488 g/mol. The number of nitrogens with zero attached hydrogens (tertiary/aromatic N) is 2. The van der Waals surface area contributed by atoms with E-state index in [2.05, 4.69) is 5.10 Å². The number of aromatic carboxylic acids is 1. The van der Waals surface area contributed by atoms with Crippen LogP contribution in [0, 0.1) is 0 Å². The molecule has 0 spiro atoms. The number of halogens is 1. The molecule has 4 aromatic rings. The van der Waals surface area contributed by atoms with E-state index < -0.39 is 5.97 Å². The van der Waals surface area contributed by atoms with E-state index in [0.29, 0.717) is 33.3 Å². The second-order valence-electron chi connectivity index (χ2n) is 8.30. The number of para-hydroxylation sites is 1. The smallest absolute Gasteiger partial charge is 0.335 e. The predicted molar refractivity (Wildman–Crippen MR) is 144 cm³/mol. The summed E-state index contributed by atoms with van der Waals surface area (Å²) >= 11 is 6.31. The molecule has 6 nitrogen and oxygen atoms in total. The van der Waals surface area contributed by atoms with Crippen LogP contribution in [0.3, 0.4) is 0 Å². The van der Waals surface area contributed by atoms with Gasteiger partial charge in [0, 0.05) is 16.1 Å². The van der Waals surface area contributed by atoms with Crippen LogP contribution >= 0.6 is 11.6 Å². The molecule has 0 atom stereocenters. The lowest BCUT2D eigenvalue weighted by Gasteiger charge is -2.12. The molecule has 0 aliphatic carbocycles. The number of ether oxygens (including phenoxy) is 1. The highest BCUT2D eigenvalue weighted by Crippen LogP contribution is 2.31. The Labute approximate surface area is 218 Å². The van der Waals surface area contributed by atoms with Crippen LogP contribution in [-0.2, 0) is 11.4 Å². The number of hydrogen-bond donors (Lipinski definition) is 1. The van der Waals surface area contributed by atoms with Crippen molar-refractivity contribution in [1.82, 2.24) is 0 Å². The second-order valence-corrected chi connectivity index (χ2v) is 8.73. The molecule has 0 aromatic heterocycles. The van der Waals surface area contributed by atoms with E-state index in [1.54, 1.807) is 36.4 Å². The molecule has 37 heavy (non-hydrogen) atoms. The van der Waals surface area contributed by atoms with Gasteiger partial charge in [0.2, 0.25) is 0 Å². The number of anilines is 1. The van der Waals surface area contributed by atoms with Crippen LogP contribution < -0.4 is 9.75 Å². The Morgan fingerprint density at radius 3 is 2.27 bits per heavy atom. The zero-order chi connectivity index (χ0) is 25.8. The summed E-state index contributed by atoms with van der Waals surface area (Å²) in [6.07, 6.45) is 1.74. The third-order valence-corrected chi connectivity index (χ3v) is 6.03. The summed E-state index contributed by atoms with van der Waals surface area (Å²) in [7, 11) is 0. The van der Waals surface area contributed by atoms with Crippen LogP contribution in [-0.4, -0.2) is 22.7 Å². The van der Waals surface area contributed by atoms with Crippen LogP contribution in [0.5, 0.6) is 5.75 Å². The number of carbonyl (C=O) groups excluding carboxylic acids is 1. The average molecular weight is 509 g/mol.